The average Bonchev–Trinajstić information content (AvgIpc) is 3.28. The van der Waals surface area contributed by atoms with E-state index in [0.29, 0.717) is 17.2 Å². The van der Waals surface area contributed by atoms with Crippen LogP contribution in [0.5, 0.6) is 5.75 Å². The molecule has 5 heteroatoms. The van der Waals surface area contributed by atoms with E-state index < -0.39 is 0 Å². The van der Waals surface area contributed by atoms with E-state index in [0.717, 1.165) is 37.1 Å². The summed E-state index contributed by atoms with van der Waals surface area (Å²) in [6.45, 7) is 1.56. The summed E-state index contributed by atoms with van der Waals surface area (Å²) in [6, 6.07) is 16.1. The van der Waals surface area contributed by atoms with Crippen LogP contribution < -0.4 is 4.74 Å². The highest BCUT2D eigenvalue weighted by Crippen LogP contribution is 2.32. The van der Waals surface area contributed by atoms with Crippen LogP contribution in [0.1, 0.15) is 34.7 Å². The molecule has 4 rings (SSSR count). The van der Waals surface area contributed by atoms with Gasteiger partial charge in [-0.25, -0.2) is 0 Å². The SMILES string of the molecule is COc1cc(C(=O)N2CCCC(c3ccccc3)C2)ccc1-c1cn[nH]c1. The van der Waals surface area contributed by atoms with Crippen molar-refractivity contribution >= 4 is 5.91 Å². The molecule has 1 fully saturated rings. The van der Waals surface area contributed by atoms with Crippen LogP contribution in [0.2, 0.25) is 0 Å². The second kappa shape index (κ2) is 7.66. The van der Waals surface area contributed by atoms with Gasteiger partial charge in [-0.3, -0.25) is 9.89 Å². The van der Waals surface area contributed by atoms with Crippen molar-refractivity contribution in [2.45, 2.75) is 18.8 Å². The molecule has 1 aliphatic rings. The van der Waals surface area contributed by atoms with Gasteiger partial charge in [0.1, 0.15) is 5.75 Å². The quantitative estimate of drug-likeness (QED) is 0.761. The summed E-state index contributed by atoms with van der Waals surface area (Å²) < 4.78 is 5.53. The van der Waals surface area contributed by atoms with Crippen molar-refractivity contribution in [3.05, 3.63) is 72.1 Å². The Balaban J connectivity index is 1.55. The molecule has 0 bridgehead atoms. The molecule has 1 saturated heterocycles. The molecule has 27 heavy (non-hydrogen) atoms. The number of nitrogens with zero attached hydrogens (tertiary/aromatic N) is 2. The Morgan fingerprint density at radius 3 is 2.81 bits per heavy atom. The molecular weight excluding hydrogens is 338 g/mol. The number of nitrogens with one attached hydrogen (secondary N) is 1. The first kappa shape index (κ1) is 17.3. The Kier molecular flexibility index (Phi) is 4.92. The lowest BCUT2D eigenvalue weighted by Crippen LogP contribution is -2.39. The number of amides is 1. The van der Waals surface area contributed by atoms with Crippen molar-refractivity contribution in [2.24, 2.45) is 0 Å². The van der Waals surface area contributed by atoms with Crippen LogP contribution in [0, 0.1) is 0 Å². The van der Waals surface area contributed by atoms with Gasteiger partial charge in [0.25, 0.3) is 5.91 Å². The third-order valence-electron chi connectivity index (χ3n) is 5.24. The number of carbonyl (C=O) groups is 1. The van der Waals surface area contributed by atoms with Crippen LogP contribution in [0.15, 0.2) is 60.9 Å². The number of benzene rings is 2. The van der Waals surface area contributed by atoms with Crippen molar-refractivity contribution in [2.75, 3.05) is 20.2 Å². The van der Waals surface area contributed by atoms with Crippen molar-refractivity contribution in [1.29, 1.82) is 0 Å². The summed E-state index contributed by atoms with van der Waals surface area (Å²) in [5, 5.41) is 6.79. The van der Waals surface area contributed by atoms with Crippen molar-refractivity contribution < 1.29 is 9.53 Å². The van der Waals surface area contributed by atoms with E-state index >= 15 is 0 Å². The van der Waals surface area contributed by atoms with Gasteiger partial charge in [0, 0.05) is 41.9 Å². The molecule has 138 valence electrons. The van der Waals surface area contributed by atoms with Crippen molar-refractivity contribution in [3.63, 3.8) is 0 Å². The molecule has 1 unspecified atom stereocenters. The molecule has 1 N–H and O–H groups in total. The van der Waals surface area contributed by atoms with Crippen LogP contribution in [0.4, 0.5) is 0 Å². The monoisotopic (exact) mass is 361 g/mol. The number of hydrogen-bond acceptors (Lipinski definition) is 3. The van der Waals surface area contributed by atoms with Gasteiger partial charge in [-0.2, -0.15) is 5.10 Å². The average molecular weight is 361 g/mol. The van der Waals surface area contributed by atoms with E-state index in [2.05, 4.69) is 34.5 Å². The number of piperidine rings is 1. The zero-order chi connectivity index (χ0) is 18.6. The third-order valence-corrected chi connectivity index (χ3v) is 5.24. The third kappa shape index (κ3) is 3.58. The number of carbonyl (C=O) groups excluding carboxylic acids is 1. The zero-order valence-electron chi connectivity index (χ0n) is 15.4. The fraction of sp³-hybridized carbons (Fsp3) is 0.273. The summed E-state index contributed by atoms with van der Waals surface area (Å²) >= 11 is 0. The number of ether oxygens (including phenoxy) is 1. The number of H-pyrrole nitrogens is 1. The smallest absolute Gasteiger partial charge is 0.254 e. The number of aromatic nitrogens is 2. The minimum atomic E-state index is 0.0627. The topological polar surface area (TPSA) is 58.2 Å². The summed E-state index contributed by atoms with van der Waals surface area (Å²) in [5.41, 5.74) is 3.83. The lowest BCUT2D eigenvalue weighted by atomic mass is 9.90. The number of aromatic amines is 1. The van der Waals surface area contributed by atoms with E-state index in [1.807, 2.05) is 35.4 Å². The normalized spacial score (nSPS) is 16.9. The molecule has 0 saturated carbocycles. The lowest BCUT2D eigenvalue weighted by Gasteiger charge is -2.33. The van der Waals surface area contributed by atoms with E-state index in [1.54, 1.807) is 13.3 Å². The Labute approximate surface area is 159 Å². The minimum absolute atomic E-state index is 0.0627. The Hall–Kier alpha value is -3.08. The van der Waals surface area contributed by atoms with Gasteiger partial charge in [-0.1, -0.05) is 30.3 Å². The second-order valence-electron chi connectivity index (χ2n) is 6.90. The van der Waals surface area contributed by atoms with Crippen LogP contribution in [0.3, 0.4) is 0 Å². The molecule has 1 aromatic heterocycles. The minimum Gasteiger partial charge on any atom is -0.496 e. The molecule has 0 spiro atoms. The van der Waals surface area contributed by atoms with E-state index in [9.17, 15) is 4.79 Å². The molecule has 0 radical (unpaired) electrons. The maximum Gasteiger partial charge on any atom is 0.254 e. The largest absolute Gasteiger partial charge is 0.496 e. The standard InChI is InChI=1S/C22H23N3O2/c1-27-21-12-17(9-10-20(21)19-13-23-24-14-19)22(26)25-11-5-8-18(15-25)16-6-3-2-4-7-16/h2-4,6-7,9-10,12-14,18H,5,8,11,15H2,1H3,(H,23,24). The number of likely N-dealkylation sites (tertiary alicyclic amines) is 1. The van der Waals surface area contributed by atoms with Crippen molar-refractivity contribution in [3.8, 4) is 16.9 Å². The highest BCUT2D eigenvalue weighted by molar-refractivity contribution is 5.95. The predicted molar refractivity (Wildman–Crippen MR) is 105 cm³/mol. The Bertz CT molecular complexity index is 907. The van der Waals surface area contributed by atoms with Gasteiger partial charge in [-0.15, -0.1) is 0 Å². The molecule has 1 atom stereocenters. The van der Waals surface area contributed by atoms with Gasteiger partial charge in [0.05, 0.1) is 13.3 Å². The number of hydrogen-bond donors (Lipinski definition) is 1. The maximum absolute atomic E-state index is 13.1. The fourth-order valence-corrected chi connectivity index (χ4v) is 3.80. The zero-order valence-corrected chi connectivity index (χ0v) is 15.4. The number of methoxy groups -OCH3 is 1. The van der Waals surface area contributed by atoms with Crippen LogP contribution in [-0.4, -0.2) is 41.2 Å². The van der Waals surface area contributed by atoms with Crippen LogP contribution in [-0.2, 0) is 0 Å². The first-order chi connectivity index (χ1) is 13.3. The van der Waals surface area contributed by atoms with Gasteiger partial charge in [0.2, 0.25) is 0 Å². The molecule has 2 aromatic carbocycles. The Morgan fingerprint density at radius 1 is 1.22 bits per heavy atom. The fourth-order valence-electron chi connectivity index (χ4n) is 3.80. The second-order valence-corrected chi connectivity index (χ2v) is 6.90. The highest BCUT2D eigenvalue weighted by atomic mass is 16.5. The van der Waals surface area contributed by atoms with Crippen LogP contribution >= 0.6 is 0 Å². The van der Waals surface area contributed by atoms with Crippen molar-refractivity contribution in [1.82, 2.24) is 15.1 Å². The molecule has 1 aliphatic heterocycles. The molecule has 2 heterocycles. The highest BCUT2D eigenvalue weighted by Gasteiger charge is 2.26. The van der Waals surface area contributed by atoms with Gasteiger partial charge in [0.15, 0.2) is 0 Å². The van der Waals surface area contributed by atoms with E-state index in [1.165, 1.54) is 5.56 Å². The first-order valence-electron chi connectivity index (χ1n) is 9.27. The summed E-state index contributed by atoms with van der Waals surface area (Å²) in [7, 11) is 1.62. The summed E-state index contributed by atoms with van der Waals surface area (Å²) in [5.74, 6) is 1.14. The first-order valence-corrected chi connectivity index (χ1v) is 9.27. The van der Waals surface area contributed by atoms with Gasteiger partial charge < -0.3 is 9.64 Å². The predicted octanol–water partition coefficient (Wildman–Crippen LogP) is 4.11. The molecule has 1 amide bonds. The molecule has 3 aromatic rings. The van der Waals surface area contributed by atoms with E-state index in [-0.39, 0.29) is 5.91 Å². The van der Waals surface area contributed by atoms with E-state index in [4.69, 9.17) is 4.74 Å². The van der Waals surface area contributed by atoms with Crippen LogP contribution in [0.25, 0.3) is 11.1 Å². The molecule has 0 aliphatic carbocycles. The summed E-state index contributed by atoms with van der Waals surface area (Å²) in [4.78, 5) is 15.1. The number of rotatable bonds is 4. The molecule has 5 nitrogen and oxygen atoms in total. The Morgan fingerprint density at radius 2 is 2.07 bits per heavy atom. The molecular formula is C22H23N3O2. The maximum atomic E-state index is 13.1. The summed E-state index contributed by atoms with van der Waals surface area (Å²) in [6.07, 6.45) is 5.70. The lowest BCUT2D eigenvalue weighted by molar-refractivity contribution is 0.0707. The van der Waals surface area contributed by atoms with Gasteiger partial charge >= 0.3 is 0 Å². The van der Waals surface area contributed by atoms with Gasteiger partial charge in [-0.05, 0) is 36.6 Å².